The van der Waals surface area contributed by atoms with E-state index in [-0.39, 0.29) is 0 Å². The van der Waals surface area contributed by atoms with E-state index in [9.17, 15) is 0 Å². The highest BCUT2D eigenvalue weighted by Gasteiger charge is 2.12. The van der Waals surface area contributed by atoms with Gasteiger partial charge in [0.25, 0.3) is 0 Å². The summed E-state index contributed by atoms with van der Waals surface area (Å²) in [5, 5.41) is 3.69. The molecule has 0 aliphatic heterocycles. The third-order valence-electron chi connectivity index (χ3n) is 3.25. The molecular formula is C16H16N4S2. The van der Waals surface area contributed by atoms with Crippen molar-refractivity contribution < 1.29 is 0 Å². The number of aryl methyl sites for hydroxylation is 1. The first-order valence-electron chi connectivity index (χ1n) is 6.74. The van der Waals surface area contributed by atoms with Crippen LogP contribution < -0.4 is 11.5 Å². The van der Waals surface area contributed by atoms with Gasteiger partial charge < -0.3 is 11.5 Å². The summed E-state index contributed by atoms with van der Waals surface area (Å²) in [6.45, 7) is 5.73. The molecule has 0 bridgehead atoms. The molecule has 3 aromatic rings. The Balaban J connectivity index is 1.84. The lowest BCUT2D eigenvalue weighted by Crippen LogP contribution is -1.95. The molecule has 0 amide bonds. The van der Waals surface area contributed by atoms with Crippen LogP contribution in [0, 0.1) is 6.92 Å². The Kier molecular flexibility index (Phi) is 3.96. The third kappa shape index (κ3) is 3.03. The highest BCUT2D eigenvalue weighted by molar-refractivity contribution is 7.19. The third-order valence-corrected chi connectivity index (χ3v) is 5.11. The van der Waals surface area contributed by atoms with Gasteiger partial charge in [0.2, 0.25) is 0 Å². The zero-order valence-corrected chi connectivity index (χ0v) is 13.8. The molecule has 0 saturated heterocycles. The highest BCUT2D eigenvalue weighted by Crippen LogP contribution is 2.32. The summed E-state index contributed by atoms with van der Waals surface area (Å²) in [5.41, 5.74) is 16.1. The van der Waals surface area contributed by atoms with Crippen molar-refractivity contribution in [2.45, 2.75) is 13.3 Å². The van der Waals surface area contributed by atoms with Gasteiger partial charge in [-0.25, -0.2) is 9.97 Å². The second-order valence-corrected chi connectivity index (χ2v) is 6.97. The normalized spacial score (nSPS) is 10.8. The Hall–Kier alpha value is -2.18. The van der Waals surface area contributed by atoms with Crippen molar-refractivity contribution in [2.24, 2.45) is 5.73 Å². The van der Waals surface area contributed by atoms with E-state index in [1.165, 1.54) is 16.9 Å². The van der Waals surface area contributed by atoms with Crippen LogP contribution in [0.2, 0.25) is 0 Å². The fourth-order valence-electron chi connectivity index (χ4n) is 2.21. The number of rotatable bonds is 4. The molecule has 2 heterocycles. The molecule has 3 rings (SSSR count). The Morgan fingerprint density at radius 1 is 1.32 bits per heavy atom. The van der Waals surface area contributed by atoms with E-state index < -0.39 is 0 Å². The van der Waals surface area contributed by atoms with Gasteiger partial charge in [0, 0.05) is 17.5 Å². The number of hydrogen-bond acceptors (Lipinski definition) is 6. The molecule has 6 heteroatoms. The Bertz CT molecular complexity index is 832. The standard InChI is InChI=1S/C16H16N4S2/c1-9(17)12-5-3-4-11(6-12)7-14-20-13(8-21-14)15-10(2)19-16(18)22-15/h3-6,8H,1,7,17H2,2H3,(H2,18,19). The molecule has 0 saturated carbocycles. The smallest absolute Gasteiger partial charge is 0.180 e. The van der Waals surface area contributed by atoms with Gasteiger partial charge in [-0.15, -0.1) is 11.3 Å². The highest BCUT2D eigenvalue weighted by atomic mass is 32.1. The number of aromatic nitrogens is 2. The van der Waals surface area contributed by atoms with Crippen LogP contribution in [0.4, 0.5) is 5.13 Å². The quantitative estimate of drug-likeness (QED) is 0.766. The maximum atomic E-state index is 5.76. The van der Waals surface area contributed by atoms with E-state index in [4.69, 9.17) is 16.5 Å². The number of benzene rings is 1. The molecule has 4 N–H and O–H groups in total. The van der Waals surface area contributed by atoms with Crippen molar-refractivity contribution in [3.05, 3.63) is 58.1 Å². The summed E-state index contributed by atoms with van der Waals surface area (Å²) in [5.74, 6) is 0. The van der Waals surface area contributed by atoms with E-state index in [0.29, 0.717) is 10.8 Å². The van der Waals surface area contributed by atoms with Crippen molar-refractivity contribution in [2.75, 3.05) is 5.73 Å². The molecule has 0 aliphatic carbocycles. The van der Waals surface area contributed by atoms with Gasteiger partial charge in [-0.2, -0.15) is 0 Å². The minimum absolute atomic E-state index is 0.580. The first-order valence-corrected chi connectivity index (χ1v) is 8.44. The number of anilines is 1. The van der Waals surface area contributed by atoms with Crippen LogP contribution in [0.5, 0.6) is 0 Å². The van der Waals surface area contributed by atoms with Gasteiger partial charge in [0.15, 0.2) is 5.13 Å². The zero-order chi connectivity index (χ0) is 15.7. The number of nitrogens with two attached hydrogens (primary N) is 2. The SMILES string of the molecule is C=C(N)c1cccc(Cc2nc(-c3sc(N)nc3C)cs2)c1. The number of nitrogen functional groups attached to an aromatic ring is 1. The Morgan fingerprint density at radius 3 is 2.82 bits per heavy atom. The average molecular weight is 328 g/mol. The van der Waals surface area contributed by atoms with Crippen molar-refractivity contribution in [1.29, 1.82) is 0 Å². The molecule has 0 spiro atoms. The lowest BCUT2D eigenvalue weighted by Gasteiger charge is -2.03. The second kappa shape index (κ2) is 5.90. The summed E-state index contributed by atoms with van der Waals surface area (Å²) in [7, 11) is 0. The van der Waals surface area contributed by atoms with E-state index in [1.807, 2.05) is 19.1 Å². The summed E-state index contributed by atoms with van der Waals surface area (Å²) >= 11 is 3.12. The molecule has 22 heavy (non-hydrogen) atoms. The van der Waals surface area contributed by atoms with Crippen LogP contribution in [0.3, 0.4) is 0 Å². The molecular weight excluding hydrogens is 312 g/mol. The Morgan fingerprint density at radius 2 is 2.14 bits per heavy atom. The summed E-state index contributed by atoms with van der Waals surface area (Å²) in [4.78, 5) is 10.00. The van der Waals surface area contributed by atoms with Gasteiger partial charge in [-0.3, -0.25) is 0 Å². The van der Waals surface area contributed by atoms with Gasteiger partial charge in [0.05, 0.1) is 21.3 Å². The van der Waals surface area contributed by atoms with Crippen molar-refractivity contribution >= 4 is 33.5 Å². The fraction of sp³-hybridized carbons (Fsp3) is 0.125. The van der Waals surface area contributed by atoms with Gasteiger partial charge in [0.1, 0.15) is 0 Å². The molecule has 0 fully saturated rings. The van der Waals surface area contributed by atoms with Gasteiger partial charge in [-0.1, -0.05) is 36.1 Å². The maximum absolute atomic E-state index is 5.76. The van der Waals surface area contributed by atoms with Crippen LogP contribution in [-0.2, 0) is 6.42 Å². The number of hydrogen-bond donors (Lipinski definition) is 2. The number of thiazole rings is 2. The maximum Gasteiger partial charge on any atom is 0.180 e. The topological polar surface area (TPSA) is 77.8 Å². The second-order valence-electron chi connectivity index (χ2n) is 5.00. The van der Waals surface area contributed by atoms with Crippen molar-refractivity contribution in [1.82, 2.24) is 9.97 Å². The van der Waals surface area contributed by atoms with Crippen molar-refractivity contribution in [3.8, 4) is 10.6 Å². The predicted molar refractivity (Wildman–Crippen MR) is 94.8 cm³/mol. The van der Waals surface area contributed by atoms with E-state index in [0.717, 1.165) is 33.3 Å². The first kappa shape index (κ1) is 14.7. The lowest BCUT2D eigenvalue weighted by molar-refractivity contribution is 1.14. The minimum Gasteiger partial charge on any atom is -0.399 e. The zero-order valence-electron chi connectivity index (χ0n) is 12.2. The van der Waals surface area contributed by atoms with E-state index >= 15 is 0 Å². The van der Waals surface area contributed by atoms with Crippen LogP contribution >= 0.6 is 22.7 Å². The predicted octanol–water partition coefficient (Wildman–Crippen LogP) is 3.68. The molecule has 4 nitrogen and oxygen atoms in total. The van der Waals surface area contributed by atoms with Gasteiger partial charge in [-0.05, 0) is 24.1 Å². The first-order chi connectivity index (χ1) is 10.5. The molecule has 0 unspecified atom stereocenters. The molecule has 1 aromatic carbocycles. The van der Waals surface area contributed by atoms with E-state index in [1.54, 1.807) is 11.3 Å². The van der Waals surface area contributed by atoms with Crippen molar-refractivity contribution in [3.63, 3.8) is 0 Å². The summed E-state index contributed by atoms with van der Waals surface area (Å²) < 4.78 is 0. The molecule has 0 atom stereocenters. The van der Waals surface area contributed by atoms with E-state index in [2.05, 4.69) is 29.1 Å². The van der Waals surface area contributed by atoms with Crippen LogP contribution in [-0.4, -0.2) is 9.97 Å². The van der Waals surface area contributed by atoms with Gasteiger partial charge >= 0.3 is 0 Å². The largest absolute Gasteiger partial charge is 0.399 e. The lowest BCUT2D eigenvalue weighted by atomic mass is 10.1. The summed E-state index contributed by atoms with van der Waals surface area (Å²) in [6.07, 6.45) is 0.777. The fourth-order valence-corrected chi connectivity index (χ4v) is 3.90. The molecule has 0 aliphatic rings. The molecule has 2 aromatic heterocycles. The monoisotopic (exact) mass is 328 g/mol. The minimum atomic E-state index is 0.580. The molecule has 0 radical (unpaired) electrons. The average Bonchev–Trinajstić information content (AvgIpc) is 3.05. The van der Waals surface area contributed by atoms with Crippen LogP contribution in [0.25, 0.3) is 16.3 Å². The van der Waals surface area contributed by atoms with Crippen LogP contribution in [0.15, 0.2) is 36.2 Å². The summed E-state index contributed by atoms with van der Waals surface area (Å²) in [6, 6.07) is 8.08. The number of nitrogens with zero attached hydrogens (tertiary/aromatic N) is 2. The molecule has 112 valence electrons. The Labute approximate surface area is 137 Å². The van der Waals surface area contributed by atoms with Crippen LogP contribution in [0.1, 0.15) is 21.8 Å².